The summed E-state index contributed by atoms with van der Waals surface area (Å²) in [4.78, 5) is 25.0. The summed E-state index contributed by atoms with van der Waals surface area (Å²) in [5.74, 6) is -0.928. The number of thioether (sulfide) groups is 1. The first-order valence-corrected chi connectivity index (χ1v) is 9.20. The van der Waals surface area contributed by atoms with Crippen molar-refractivity contribution in [3.05, 3.63) is 0 Å². The molecule has 6 heteroatoms. The van der Waals surface area contributed by atoms with E-state index in [1.54, 1.807) is 0 Å². The lowest BCUT2D eigenvalue weighted by atomic mass is 9.95. The van der Waals surface area contributed by atoms with E-state index in [9.17, 15) is 9.59 Å². The highest BCUT2D eigenvalue weighted by molar-refractivity contribution is 7.99. The second-order valence-corrected chi connectivity index (χ2v) is 7.27. The summed E-state index contributed by atoms with van der Waals surface area (Å²) in [5.41, 5.74) is 0. The van der Waals surface area contributed by atoms with Gasteiger partial charge in [-0.15, -0.1) is 0 Å². The van der Waals surface area contributed by atoms with Crippen LogP contribution in [0.3, 0.4) is 0 Å². The van der Waals surface area contributed by atoms with E-state index in [2.05, 4.69) is 11.6 Å². The summed E-state index contributed by atoms with van der Waals surface area (Å²) in [6, 6.07) is 0.110. The number of rotatable bonds is 5. The van der Waals surface area contributed by atoms with E-state index in [0.717, 1.165) is 44.9 Å². The summed E-state index contributed by atoms with van der Waals surface area (Å²) in [7, 11) is 0. The summed E-state index contributed by atoms with van der Waals surface area (Å²) >= 11 is 1.86. The molecule has 21 heavy (non-hydrogen) atoms. The third kappa shape index (κ3) is 4.80. The maximum absolute atomic E-state index is 12.5. The number of carboxylic acid groups (broad SMARTS) is 1. The Labute approximate surface area is 130 Å². The van der Waals surface area contributed by atoms with Crippen molar-refractivity contribution in [3.63, 3.8) is 0 Å². The van der Waals surface area contributed by atoms with Gasteiger partial charge < -0.3 is 15.3 Å². The first-order valence-electron chi connectivity index (χ1n) is 7.92. The van der Waals surface area contributed by atoms with Crippen LogP contribution in [0.1, 0.15) is 51.4 Å². The summed E-state index contributed by atoms with van der Waals surface area (Å²) < 4.78 is 0. The number of hydrogen-bond donors (Lipinski definition) is 2. The topological polar surface area (TPSA) is 69.6 Å². The Morgan fingerprint density at radius 2 is 1.90 bits per heavy atom. The standard InChI is InChI=1S/C15H26N2O3S/c1-21-13-8-4-5-11(9-13)16-15(20)17(10-14(18)19)12-6-2-3-7-12/h11-13H,2-10H2,1H3,(H,16,20)(H,18,19). The Morgan fingerprint density at radius 3 is 2.52 bits per heavy atom. The Hall–Kier alpha value is -0.910. The van der Waals surface area contributed by atoms with Crippen LogP contribution in [0, 0.1) is 0 Å². The van der Waals surface area contributed by atoms with Gasteiger partial charge in [0, 0.05) is 17.3 Å². The van der Waals surface area contributed by atoms with Gasteiger partial charge in [0.05, 0.1) is 0 Å². The van der Waals surface area contributed by atoms with Crippen LogP contribution in [0.2, 0.25) is 0 Å². The van der Waals surface area contributed by atoms with Gasteiger partial charge in [0.15, 0.2) is 0 Å². The number of urea groups is 1. The van der Waals surface area contributed by atoms with E-state index in [-0.39, 0.29) is 24.7 Å². The van der Waals surface area contributed by atoms with Gasteiger partial charge in [-0.05, 0) is 38.4 Å². The predicted octanol–water partition coefficient (Wildman–Crippen LogP) is 2.70. The molecule has 2 rings (SSSR count). The fourth-order valence-corrected chi connectivity index (χ4v) is 4.30. The quantitative estimate of drug-likeness (QED) is 0.818. The van der Waals surface area contributed by atoms with Gasteiger partial charge in [-0.1, -0.05) is 19.3 Å². The largest absolute Gasteiger partial charge is 0.480 e. The average molecular weight is 314 g/mol. The number of aliphatic carboxylic acids is 1. The Morgan fingerprint density at radius 1 is 1.19 bits per heavy atom. The van der Waals surface area contributed by atoms with Crippen LogP contribution < -0.4 is 5.32 Å². The smallest absolute Gasteiger partial charge is 0.323 e. The van der Waals surface area contributed by atoms with Crippen LogP contribution in [0.25, 0.3) is 0 Å². The van der Waals surface area contributed by atoms with E-state index >= 15 is 0 Å². The fourth-order valence-electron chi connectivity index (χ4n) is 3.48. The van der Waals surface area contributed by atoms with Crippen molar-refractivity contribution in [3.8, 4) is 0 Å². The van der Waals surface area contributed by atoms with Crippen molar-refractivity contribution in [1.82, 2.24) is 10.2 Å². The lowest BCUT2D eigenvalue weighted by Gasteiger charge is -2.33. The molecular formula is C15H26N2O3S. The molecule has 2 aliphatic rings. The molecule has 0 spiro atoms. The van der Waals surface area contributed by atoms with Crippen molar-refractivity contribution in [1.29, 1.82) is 0 Å². The zero-order valence-corrected chi connectivity index (χ0v) is 13.5. The summed E-state index contributed by atoms with van der Waals surface area (Å²) in [6.45, 7) is -0.185. The third-order valence-electron chi connectivity index (χ3n) is 4.62. The first-order chi connectivity index (χ1) is 10.1. The fraction of sp³-hybridized carbons (Fsp3) is 0.867. The second kappa shape index (κ2) is 7.92. The molecule has 0 heterocycles. The highest BCUT2D eigenvalue weighted by Gasteiger charge is 2.30. The maximum atomic E-state index is 12.5. The molecule has 0 radical (unpaired) electrons. The Balaban J connectivity index is 1.92. The minimum absolute atomic E-state index is 0.0982. The number of carbonyl (C=O) groups excluding carboxylic acids is 1. The molecule has 0 aliphatic heterocycles. The van der Waals surface area contributed by atoms with Crippen LogP contribution in [0.5, 0.6) is 0 Å². The van der Waals surface area contributed by atoms with E-state index in [4.69, 9.17) is 5.11 Å². The van der Waals surface area contributed by atoms with Crippen molar-refractivity contribution < 1.29 is 14.7 Å². The predicted molar refractivity (Wildman–Crippen MR) is 84.7 cm³/mol. The molecule has 2 atom stereocenters. The Bertz CT molecular complexity index is 372. The van der Waals surface area contributed by atoms with Gasteiger partial charge in [0.25, 0.3) is 0 Å². The zero-order valence-electron chi connectivity index (χ0n) is 12.7. The van der Waals surface area contributed by atoms with E-state index < -0.39 is 5.97 Å². The molecule has 0 bridgehead atoms. The van der Waals surface area contributed by atoms with Crippen molar-refractivity contribution in [2.24, 2.45) is 0 Å². The molecule has 2 fully saturated rings. The SMILES string of the molecule is CSC1CCCC(NC(=O)N(CC(=O)O)C2CCCC2)C1. The molecule has 5 nitrogen and oxygen atoms in total. The van der Waals surface area contributed by atoms with Gasteiger partial charge >= 0.3 is 12.0 Å². The van der Waals surface area contributed by atoms with Crippen LogP contribution in [0.4, 0.5) is 4.79 Å². The lowest BCUT2D eigenvalue weighted by molar-refractivity contribution is -0.138. The monoisotopic (exact) mass is 314 g/mol. The maximum Gasteiger partial charge on any atom is 0.323 e. The number of amides is 2. The number of carboxylic acids is 1. The zero-order chi connectivity index (χ0) is 15.2. The minimum atomic E-state index is -0.928. The molecule has 2 unspecified atom stereocenters. The van der Waals surface area contributed by atoms with Gasteiger partial charge in [0.1, 0.15) is 6.54 Å². The number of nitrogens with zero attached hydrogens (tertiary/aromatic N) is 1. The van der Waals surface area contributed by atoms with Gasteiger partial charge in [0.2, 0.25) is 0 Å². The summed E-state index contributed by atoms with van der Waals surface area (Å²) in [6.07, 6.45) is 10.5. The van der Waals surface area contributed by atoms with Crippen LogP contribution >= 0.6 is 11.8 Å². The molecule has 120 valence electrons. The lowest BCUT2D eigenvalue weighted by Crippen LogP contribution is -2.51. The van der Waals surface area contributed by atoms with Crippen molar-refractivity contribution in [2.75, 3.05) is 12.8 Å². The number of hydrogen-bond acceptors (Lipinski definition) is 3. The van der Waals surface area contributed by atoms with Crippen molar-refractivity contribution in [2.45, 2.75) is 68.7 Å². The van der Waals surface area contributed by atoms with Crippen molar-refractivity contribution >= 4 is 23.8 Å². The van der Waals surface area contributed by atoms with E-state index in [0.29, 0.717) is 5.25 Å². The molecule has 2 amide bonds. The van der Waals surface area contributed by atoms with Gasteiger partial charge in [-0.2, -0.15) is 11.8 Å². The highest BCUT2D eigenvalue weighted by Crippen LogP contribution is 2.28. The molecule has 0 aromatic heterocycles. The molecular weight excluding hydrogens is 288 g/mol. The molecule has 0 aromatic rings. The molecule has 2 N–H and O–H groups in total. The second-order valence-electron chi connectivity index (χ2n) is 6.13. The van der Waals surface area contributed by atoms with E-state index in [1.165, 1.54) is 11.3 Å². The third-order valence-corrected chi connectivity index (χ3v) is 5.71. The van der Waals surface area contributed by atoms with E-state index in [1.807, 2.05) is 11.8 Å². The molecule has 0 saturated heterocycles. The minimum Gasteiger partial charge on any atom is -0.480 e. The summed E-state index contributed by atoms with van der Waals surface area (Å²) in [5, 5.41) is 12.7. The Kier molecular flexibility index (Phi) is 6.21. The number of carbonyl (C=O) groups is 2. The molecule has 2 aliphatic carbocycles. The van der Waals surface area contributed by atoms with Crippen LogP contribution in [-0.2, 0) is 4.79 Å². The van der Waals surface area contributed by atoms with Gasteiger partial charge in [-0.3, -0.25) is 4.79 Å². The normalized spacial score (nSPS) is 26.5. The first kappa shape index (κ1) is 16.5. The molecule has 2 saturated carbocycles. The highest BCUT2D eigenvalue weighted by atomic mass is 32.2. The van der Waals surface area contributed by atoms with Crippen LogP contribution in [0.15, 0.2) is 0 Å². The van der Waals surface area contributed by atoms with Crippen LogP contribution in [-0.4, -0.2) is 52.1 Å². The number of nitrogens with one attached hydrogen (secondary N) is 1. The average Bonchev–Trinajstić information content (AvgIpc) is 2.98. The molecule has 0 aromatic carbocycles. The van der Waals surface area contributed by atoms with Gasteiger partial charge in [-0.25, -0.2) is 4.79 Å².